The van der Waals surface area contributed by atoms with E-state index in [0.717, 1.165) is 19.1 Å². The molecule has 1 aliphatic carbocycles. The van der Waals surface area contributed by atoms with Crippen molar-refractivity contribution >= 4 is 22.6 Å². The monoisotopic (exact) mass is 303 g/mol. The second kappa shape index (κ2) is 4.44. The van der Waals surface area contributed by atoms with E-state index < -0.39 is 0 Å². The number of hydrogen-bond acceptors (Lipinski definition) is 2. The highest BCUT2D eigenvalue weighted by Gasteiger charge is 2.19. The SMILES string of the molecule is C=C(CNC1CC1)Cn1cc(I)cn1. The van der Waals surface area contributed by atoms with Crippen LogP contribution in [-0.4, -0.2) is 22.4 Å². The van der Waals surface area contributed by atoms with Gasteiger partial charge in [-0.05, 0) is 41.0 Å². The number of nitrogens with zero attached hydrogens (tertiary/aromatic N) is 2. The third kappa shape index (κ3) is 3.09. The fourth-order valence-electron chi connectivity index (χ4n) is 1.29. The second-order valence-electron chi connectivity index (χ2n) is 3.76. The van der Waals surface area contributed by atoms with Gasteiger partial charge in [0.1, 0.15) is 0 Å². The molecule has 0 unspecified atom stereocenters. The van der Waals surface area contributed by atoms with Crippen molar-refractivity contribution in [3.8, 4) is 0 Å². The summed E-state index contributed by atoms with van der Waals surface area (Å²) in [6.45, 7) is 5.77. The molecular weight excluding hydrogens is 289 g/mol. The quantitative estimate of drug-likeness (QED) is 0.664. The van der Waals surface area contributed by atoms with Crippen LogP contribution in [0, 0.1) is 3.57 Å². The van der Waals surface area contributed by atoms with E-state index in [9.17, 15) is 0 Å². The Hall–Kier alpha value is -0.360. The summed E-state index contributed by atoms with van der Waals surface area (Å²) in [5.41, 5.74) is 1.19. The lowest BCUT2D eigenvalue weighted by molar-refractivity contribution is 0.635. The van der Waals surface area contributed by atoms with Gasteiger partial charge in [0.05, 0.1) is 16.3 Å². The van der Waals surface area contributed by atoms with E-state index in [1.165, 1.54) is 22.0 Å². The van der Waals surface area contributed by atoms with Crippen molar-refractivity contribution in [2.75, 3.05) is 6.54 Å². The maximum atomic E-state index is 4.22. The molecule has 1 heterocycles. The summed E-state index contributed by atoms with van der Waals surface area (Å²) in [4.78, 5) is 0. The van der Waals surface area contributed by atoms with Crippen molar-refractivity contribution in [2.45, 2.75) is 25.4 Å². The molecule has 1 fully saturated rings. The fourth-order valence-corrected chi connectivity index (χ4v) is 1.73. The molecule has 0 bridgehead atoms. The van der Waals surface area contributed by atoms with E-state index in [0.29, 0.717) is 0 Å². The first-order valence-corrected chi connectivity index (χ1v) is 5.90. The summed E-state index contributed by atoms with van der Waals surface area (Å²) >= 11 is 2.26. The minimum atomic E-state index is 0.754. The topological polar surface area (TPSA) is 29.9 Å². The highest BCUT2D eigenvalue weighted by atomic mass is 127. The van der Waals surface area contributed by atoms with Gasteiger partial charge in [0.15, 0.2) is 0 Å². The van der Waals surface area contributed by atoms with Gasteiger partial charge in [-0.25, -0.2) is 0 Å². The molecular formula is C10H14IN3. The largest absolute Gasteiger partial charge is 0.310 e. The average molecular weight is 303 g/mol. The molecule has 0 spiro atoms. The maximum absolute atomic E-state index is 4.22. The molecule has 1 saturated carbocycles. The van der Waals surface area contributed by atoms with E-state index in [-0.39, 0.29) is 0 Å². The van der Waals surface area contributed by atoms with Gasteiger partial charge in [0.25, 0.3) is 0 Å². The number of nitrogens with one attached hydrogen (secondary N) is 1. The maximum Gasteiger partial charge on any atom is 0.0629 e. The Bertz CT molecular complexity index is 328. The molecule has 14 heavy (non-hydrogen) atoms. The predicted molar refractivity (Wildman–Crippen MR) is 65.1 cm³/mol. The summed E-state index contributed by atoms with van der Waals surface area (Å²) < 4.78 is 3.10. The van der Waals surface area contributed by atoms with Crippen LogP contribution >= 0.6 is 22.6 Å². The van der Waals surface area contributed by atoms with Crippen LogP contribution in [0.15, 0.2) is 24.5 Å². The Morgan fingerprint density at radius 2 is 2.50 bits per heavy atom. The van der Waals surface area contributed by atoms with Gasteiger partial charge in [0.2, 0.25) is 0 Å². The Balaban J connectivity index is 1.75. The van der Waals surface area contributed by atoms with Crippen molar-refractivity contribution in [3.63, 3.8) is 0 Å². The highest BCUT2D eigenvalue weighted by molar-refractivity contribution is 14.1. The molecule has 1 aromatic rings. The van der Waals surface area contributed by atoms with Crippen LogP contribution in [-0.2, 0) is 6.54 Å². The molecule has 4 heteroatoms. The van der Waals surface area contributed by atoms with Crippen molar-refractivity contribution < 1.29 is 0 Å². The molecule has 1 aromatic heterocycles. The Labute approximate surface area is 97.7 Å². The lowest BCUT2D eigenvalue weighted by atomic mass is 10.3. The summed E-state index contributed by atoms with van der Waals surface area (Å²) in [6, 6.07) is 0.754. The molecule has 0 aromatic carbocycles. The molecule has 1 aliphatic rings. The van der Waals surface area contributed by atoms with Crippen molar-refractivity contribution in [2.24, 2.45) is 0 Å². The minimum absolute atomic E-state index is 0.754. The third-order valence-corrected chi connectivity index (χ3v) is 2.76. The summed E-state index contributed by atoms with van der Waals surface area (Å²) in [7, 11) is 0. The number of halogens is 1. The molecule has 0 radical (unpaired) electrons. The Kier molecular flexibility index (Phi) is 3.22. The summed E-state index contributed by atoms with van der Waals surface area (Å²) in [5.74, 6) is 0. The zero-order valence-electron chi connectivity index (χ0n) is 8.04. The van der Waals surface area contributed by atoms with Crippen LogP contribution < -0.4 is 5.32 Å². The van der Waals surface area contributed by atoms with Gasteiger partial charge in [-0.15, -0.1) is 0 Å². The lowest BCUT2D eigenvalue weighted by Gasteiger charge is -2.06. The van der Waals surface area contributed by atoms with Crippen LogP contribution in [0.25, 0.3) is 0 Å². The zero-order valence-corrected chi connectivity index (χ0v) is 10.2. The van der Waals surface area contributed by atoms with Crippen LogP contribution in [0.5, 0.6) is 0 Å². The molecule has 3 nitrogen and oxygen atoms in total. The first-order valence-electron chi connectivity index (χ1n) is 4.82. The molecule has 0 saturated heterocycles. The number of hydrogen-bond donors (Lipinski definition) is 1. The summed E-state index contributed by atoms with van der Waals surface area (Å²) in [5, 5.41) is 7.66. The molecule has 0 atom stereocenters. The van der Waals surface area contributed by atoms with Crippen LogP contribution in [0.4, 0.5) is 0 Å². The molecule has 76 valence electrons. The van der Waals surface area contributed by atoms with Crippen molar-refractivity contribution in [1.29, 1.82) is 0 Å². The normalized spacial score (nSPS) is 15.8. The van der Waals surface area contributed by atoms with Gasteiger partial charge in [-0.1, -0.05) is 6.58 Å². The highest BCUT2D eigenvalue weighted by Crippen LogP contribution is 2.18. The van der Waals surface area contributed by atoms with Gasteiger partial charge in [-0.3, -0.25) is 4.68 Å². The van der Waals surface area contributed by atoms with Gasteiger partial charge < -0.3 is 5.32 Å². The van der Waals surface area contributed by atoms with Crippen LogP contribution in [0.1, 0.15) is 12.8 Å². The van der Waals surface area contributed by atoms with E-state index >= 15 is 0 Å². The van der Waals surface area contributed by atoms with E-state index in [1.807, 2.05) is 17.1 Å². The first-order chi connectivity index (χ1) is 6.74. The van der Waals surface area contributed by atoms with Crippen LogP contribution in [0.3, 0.4) is 0 Å². The fraction of sp³-hybridized carbons (Fsp3) is 0.500. The smallest absolute Gasteiger partial charge is 0.0629 e. The first kappa shape index (κ1) is 10.2. The lowest BCUT2D eigenvalue weighted by Crippen LogP contribution is -2.20. The van der Waals surface area contributed by atoms with Crippen molar-refractivity contribution in [1.82, 2.24) is 15.1 Å². The molecule has 2 rings (SSSR count). The Morgan fingerprint density at radius 1 is 1.71 bits per heavy atom. The van der Waals surface area contributed by atoms with Gasteiger partial charge in [-0.2, -0.15) is 5.10 Å². The van der Waals surface area contributed by atoms with Crippen molar-refractivity contribution in [3.05, 3.63) is 28.1 Å². The van der Waals surface area contributed by atoms with Crippen LogP contribution in [0.2, 0.25) is 0 Å². The third-order valence-electron chi connectivity index (χ3n) is 2.21. The van der Waals surface area contributed by atoms with E-state index in [2.05, 4.69) is 39.6 Å². The standard InChI is InChI=1S/C10H14IN3/c1-8(4-12-10-2-3-10)6-14-7-9(11)5-13-14/h5,7,10,12H,1-4,6H2. The van der Waals surface area contributed by atoms with Gasteiger partial charge >= 0.3 is 0 Å². The van der Waals surface area contributed by atoms with E-state index in [4.69, 9.17) is 0 Å². The molecule has 0 amide bonds. The number of aromatic nitrogens is 2. The Morgan fingerprint density at radius 3 is 3.07 bits per heavy atom. The predicted octanol–water partition coefficient (Wildman–Crippen LogP) is 1.80. The number of rotatable bonds is 5. The van der Waals surface area contributed by atoms with E-state index in [1.54, 1.807) is 0 Å². The minimum Gasteiger partial charge on any atom is -0.310 e. The van der Waals surface area contributed by atoms with Gasteiger partial charge in [0, 0.05) is 18.8 Å². The summed E-state index contributed by atoms with van der Waals surface area (Å²) in [6.07, 6.45) is 6.55. The average Bonchev–Trinajstić information content (AvgIpc) is 2.88. The molecule has 1 N–H and O–H groups in total. The zero-order chi connectivity index (χ0) is 9.97. The second-order valence-corrected chi connectivity index (χ2v) is 5.01. The molecule has 0 aliphatic heterocycles.